The maximum absolute atomic E-state index is 10.1. The molecular weight excluding hydrogens is 332 g/mol. The number of rotatable bonds is 6. The first-order valence-electron chi connectivity index (χ1n) is 10.1. The highest BCUT2D eigenvalue weighted by Gasteiger charge is 2.23. The quantitative estimate of drug-likeness (QED) is 0.689. The molecule has 3 heteroatoms. The molecule has 1 aliphatic carbocycles. The third-order valence-corrected chi connectivity index (χ3v) is 5.86. The fraction of sp³-hybridized carbons (Fsp3) is 0.375. The van der Waals surface area contributed by atoms with Crippen LogP contribution in [0.3, 0.4) is 0 Å². The Morgan fingerprint density at radius 3 is 2.74 bits per heavy atom. The summed E-state index contributed by atoms with van der Waals surface area (Å²) < 4.78 is 0. The van der Waals surface area contributed by atoms with Crippen LogP contribution in [0.5, 0.6) is 5.75 Å². The van der Waals surface area contributed by atoms with E-state index < -0.39 is 0 Å². The van der Waals surface area contributed by atoms with Gasteiger partial charge in [0.2, 0.25) is 0 Å². The molecule has 0 spiro atoms. The molecular formula is C24H28N2O. The molecule has 4 rings (SSSR count). The average Bonchev–Trinajstić information content (AvgIpc) is 2.72. The zero-order chi connectivity index (χ0) is 18.6. The number of aromatic hydroxyl groups is 1. The Balaban J connectivity index is 1.51. The monoisotopic (exact) mass is 360 g/mol. The lowest BCUT2D eigenvalue weighted by Crippen LogP contribution is -2.41. The topological polar surface area (TPSA) is 36.4 Å². The standard InChI is InChI=1S/C24H28N2O/c1-2-15-26(21-11-9-18-6-3-4-7-20(18)17-21)16-13-19-10-12-23(27)24-22(19)8-5-14-25-24/h3-8,10,12,14,21,27H,2,9,11,13,15-17H2,1H3. The molecule has 2 aromatic carbocycles. The Morgan fingerprint density at radius 1 is 1.04 bits per heavy atom. The van der Waals surface area contributed by atoms with Gasteiger partial charge in [0.25, 0.3) is 0 Å². The van der Waals surface area contributed by atoms with Crippen molar-refractivity contribution in [3.05, 3.63) is 71.4 Å². The summed E-state index contributed by atoms with van der Waals surface area (Å²) in [7, 11) is 0. The van der Waals surface area contributed by atoms with E-state index in [4.69, 9.17) is 0 Å². The number of aryl methyl sites for hydroxylation is 1. The largest absolute Gasteiger partial charge is 0.506 e. The molecule has 0 amide bonds. The molecule has 3 nitrogen and oxygen atoms in total. The van der Waals surface area contributed by atoms with Crippen LogP contribution in [0.25, 0.3) is 10.9 Å². The van der Waals surface area contributed by atoms with Crippen molar-refractivity contribution in [1.82, 2.24) is 9.88 Å². The second-order valence-electron chi connectivity index (χ2n) is 7.59. The minimum absolute atomic E-state index is 0.267. The summed E-state index contributed by atoms with van der Waals surface area (Å²) in [6, 6.07) is 17.4. The first-order chi connectivity index (χ1) is 13.3. The van der Waals surface area contributed by atoms with Crippen molar-refractivity contribution in [1.29, 1.82) is 0 Å². The SMILES string of the molecule is CCCN(CCc1ccc(O)c2ncccc12)C1CCc2ccccc2C1. The summed E-state index contributed by atoms with van der Waals surface area (Å²) in [5.41, 5.74) is 5.03. The van der Waals surface area contributed by atoms with E-state index in [1.807, 2.05) is 6.07 Å². The normalized spacial score (nSPS) is 16.6. The Labute approximate surface area is 161 Å². The highest BCUT2D eigenvalue weighted by Crippen LogP contribution is 2.28. The van der Waals surface area contributed by atoms with E-state index in [9.17, 15) is 5.11 Å². The van der Waals surface area contributed by atoms with E-state index in [2.05, 4.69) is 53.2 Å². The molecule has 1 unspecified atom stereocenters. The summed E-state index contributed by atoms with van der Waals surface area (Å²) in [6.07, 6.45) is 7.50. The van der Waals surface area contributed by atoms with Crippen molar-refractivity contribution in [3.8, 4) is 5.75 Å². The number of fused-ring (bicyclic) bond motifs is 2. The van der Waals surface area contributed by atoms with E-state index in [1.165, 1.54) is 36.0 Å². The molecule has 1 atom stereocenters. The van der Waals surface area contributed by atoms with Gasteiger partial charge in [-0.2, -0.15) is 0 Å². The van der Waals surface area contributed by atoms with Gasteiger partial charge in [0.15, 0.2) is 0 Å². The molecule has 0 saturated heterocycles. The minimum Gasteiger partial charge on any atom is -0.506 e. The Bertz CT molecular complexity index is 921. The second kappa shape index (κ2) is 8.10. The van der Waals surface area contributed by atoms with Crippen LogP contribution in [0, 0.1) is 0 Å². The molecule has 27 heavy (non-hydrogen) atoms. The van der Waals surface area contributed by atoms with Gasteiger partial charge in [0.05, 0.1) is 0 Å². The number of hydrogen-bond donors (Lipinski definition) is 1. The van der Waals surface area contributed by atoms with Gasteiger partial charge in [-0.05, 0) is 67.5 Å². The second-order valence-corrected chi connectivity index (χ2v) is 7.59. The summed E-state index contributed by atoms with van der Waals surface area (Å²) in [5, 5.41) is 11.2. The maximum atomic E-state index is 10.1. The third-order valence-electron chi connectivity index (χ3n) is 5.86. The van der Waals surface area contributed by atoms with Crippen molar-refractivity contribution in [3.63, 3.8) is 0 Å². The van der Waals surface area contributed by atoms with Crippen LogP contribution < -0.4 is 0 Å². The van der Waals surface area contributed by atoms with Crippen molar-refractivity contribution >= 4 is 10.9 Å². The number of pyridine rings is 1. The van der Waals surface area contributed by atoms with Crippen molar-refractivity contribution in [2.45, 2.75) is 45.1 Å². The molecule has 0 bridgehead atoms. The van der Waals surface area contributed by atoms with Gasteiger partial charge >= 0.3 is 0 Å². The fourth-order valence-corrected chi connectivity index (χ4v) is 4.45. The summed E-state index contributed by atoms with van der Waals surface area (Å²) in [4.78, 5) is 7.03. The van der Waals surface area contributed by atoms with Crippen LogP contribution in [0.4, 0.5) is 0 Å². The van der Waals surface area contributed by atoms with Crippen LogP contribution in [-0.4, -0.2) is 34.1 Å². The number of benzene rings is 2. The van der Waals surface area contributed by atoms with E-state index in [0.29, 0.717) is 11.6 Å². The fourth-order valence-electron chi connectivity index (χ4n) is 4.45. The number of phenols is 1. The van der Waals surface area contributed by atoms with E-state index >= 15 is 0 Å². The molecule has 0 aliphatic heterocycles. The zero-order valence-corrected chi connectivity index (χ0v) is 16.1. The maximum Gasteiger partial charge on any atom is 0.141 e. The van der Waals surface area contributed by atoms with Gasteiger partial charge in [0.1, 0.15) is 11.3 Å². The molecule has 1 aliphatic rings. The predicted octanol–water partition coefficient (Wildman–Crippen LogP) is 4.75. The lowest BCUT2D eigenvalue weighted by molar-refractivity contribution is 0.182. The Kier molecular flexibility index (Phi) is 5.40. The third kappa shape index (κ3) is 3.84. The molecule has 1 aromatic heterocycles. The molecule has 1 N–H and O–H groups in total. The highest BCUT2D eigenvalue weighted by atomic mass is 16.3. The van der Waals surface area contributed by atoms with Gasteiger partial charge in [-0.3, -0.25) is 9.88 Å². The predicted molar refractivity (Wildman–Crippen MR) is 111 cm³/mol. The van der Waals surface area contributed by atoms with Gasteiger partial charge < -0.3 is 5.11 Å². The zero-order valence-electron chi connectivity index (χ0n) is 16.1. The Morgan fingerprint density at radius 2 is 1.89 bits per heavy atom. The first-order valence-corrected chi connectivity index (χ1v) is 10.1. The molecule has 140 valence electrons. The number of nitrogens with zero attached hydrogens (tertiary/aromatic N) is 2. The van der Waals surface area contributed by atoms with E-state index in [-0.39, 0.29) is 5.75 Å². The lowest BCUT2D eigenvalue weighted by Gasteiger charge is -2.35. The minimum atomic E-state index is 0.267. The summed E-state index contributed by atoms with van der Waals surface area (Å²) >= 11 is 0. The summed E-state index contributed by atoms with van der Waals surface area (Å²) in [6.45, 7) is 4.46. The average molecular weight is 361 g/mol. The van der Waals surface area contributed by atoms with Gasteiger partial charge in [-0.1, -0.05) is 43.3 Å². The van der Waals surface area contributed by atoms with Crippen LogP contribution in [0.15, 0.2) is 54.7 Å². The lowest BCUT2D eigenvalue weighted by atomic mass is 9.87. The van der Waals surface area contributed by atoms with Crippen LogP contribution >= 0.6 is 0 Å². The molecule has 0 fully saturated rings. The molecule has 0 saturated carbocycles. The summed E-state index contributed by atoms with van der Waals surface area (Å²) in [5.74, 6) is 0.267. The smallest absolute Gasteiger partial charge is 0.141 e. The van der Waals surface area contributed by atoms with Crippen molar-refractivity contribution < 1.29 is 5.11 Å². The molecule has 0 radical (unpaired) electrons. The van der Waals surface area contributed by atoms with E-state index in [1.54, 1.807) is 12.3 Å². The van der Waals surface area contributed by atoms with E-state index in [0.717, 1.165) is 31.3 Å². The van der Waals surface area contributed by atoms with Crippen LogP contribution in [-0.2, 0) is 19.3 Å². The van der Waals surface area contributed by atoms with Crippen molar-refractivity contribution in [2.75, 3.05) is 13.1 Å². The number of hydrogen-bond acceptors (Lipinski definition) is 3. The van der Waals surface area contributed by atoms with Crippen molar-refractivity contribution in [2.24, 2.45) is 0 Å². The Hall–Kier alpha value is -2.39. The highest BCUT2D eigenvalue weighted by molar-refractivity contribution is 5.87. The molecule has 1 heterocycles. The molecule has 3 aromatic rings. The number of aromatic nitrogens is 1. The van der Waals surface area contributed by atoms with Gasteiger partial charge in [-0.15, -0.1) is 0 Å². The van der Waals surface area contributed by atoms with Crippen LogP contribution in [0.2, 0.25) is 0 Å². The first kappa shape index (κ1) is 18.0. The van der Waals surface area contributed by atoms with Crippen LogP contribution in [0.1, 0.15) is 36.5 Å². The number of phenolic OH excluding ortho intramolecular Hbond substituents is 1. The van der Waals surface area contributed by atoms with Gasteiger partial charge in [0, 0.05) is 24.2 Å². The van der Waals surface area contributed by atoms with Gasteiger partial charge in [-0.25, -0.2) is 0 Å².